The van der Waals surface area contributed by atoms with Crippen LogP contribution in [0.5, 0.6) is 0 Å². The van der Waals surface area contributed by atoms with Gasteiger partial charge in [-0.15, -0.1) is 0 Å². The van der Waals surface area contributed by atoms with Crippen molar-refractivity contribution in [2.75, 3.05) is 0 Å². The van der Waals surface area contributed by atoms with Crippen molar-refractivity contribution < 1.29 is 0 Å². The molecule has 0 radical (unpaired) electrons. The Bertz CT molecular complexity index is 330. The molecule has 3 N–H and O–H groups in total. The average Bonchev–Trinajstić information content (AvgIpc) is 2.18. The van der Waals surface area contributed by atoms with Gasteiger partial charge in [0, 0.05) is 0 Å². The van der Waals surface area contributed by atoms with Gasteiger partial charge >= 0.3 is 0 Å². The summed E-state index contributed by atoms with van der Waals surface area (Å²) in [6, 6.07) is 7.46. The molecule has 0 fully saturated rings. The van der Waals surface area contributed by atoms with Crippen LogP contribution in [0.1, 0.15) is 6.92 Å². The second kappa shape index (κ2) is 4.37. The van der Waals surface area contributed by atoms with E-state index in [1.807, 2.05) is 24.3 Å². The van der Waals surface area contributed by atoms with Gasteiger partial charge in [0.2, 0.25) is 0 Å². The second-order valence-corrected chi connectivity index (χ2v) is 2.49. The van der Waals surface area contributed by atoms with Gasteiger partial charge in [0.25, 0.3) is 0 Å². The molecule has 68 valence electrons. The molecule has 1 rings (SSSR count). The maximum Gasteiger partial charge on any atom is 0.113 e. The molecule has 13 heavy (non-hydrogen) atoms. The summed E-state index contributed by atoms with van der Waals surface area (Å²) in [6.45, 7) is 5.23. The van der Waals surface area contributed by atoms with Gasteiger partial charge in [-0.1, -0.05) is 12.1 Å². The van der Waals surface area contributed by atoms with E-state index in [4.69, 9.17) is 5.84 Å². The summed E-state index contributed by atoms with van der Waals surface area (Å²) >= 11 is 0. The van der Waals surface area contributed by atoms with E-state index < -0.39 is 0 Å². The first kappa shape index (κ1) is 9.41. The van der Waals surface area contributed by atoms with Crippen LogP contribution < -0.4 is 11.3 Å². The first-order valence-corrected chi connectivity index (χ1v) is 3.85. The van der Waals surface area contributed by atoms with Crippen molar-refractivity contribution in [2.24, 2.45) is 15.8 Å². The molecule has 0 aliphatic heterocycles. The molecule has 0 amide bonds. The van der Waals surface area contributed by atoms with Gasteiger partial charge in [0.1, 0.15) is 5.84 Å². The summed E-state index contributed by atoms with van der Waals surface area (Å²) in [6.07, 6.45) is 0. The average molecular weight is 176 g/mol. The van der Waals surface area contributed by atoms with Gasteiger partial charge in [-0.2, -0.15) is 0 Å². The molecule has 0 heterocycles. The summed E-state index contributed by atoms with van der Waals surface area (Å²) < 4.78 is 0. The number of amidine groups is 1. The zero-order chi connectivity index (χ0) is 9.68. The monoisotopic (exact) mass is 176 g/mol. The van der Waals surface area contributed by atoms with Crippen molar-refractivity contribution in [3.63, 3.8) is 0 Å². The van der Waals surface area contributed by atoms with Gasteiger partial charge in [0.15, 0.2) is 0 Å². The number of rotatable bonds is 2. The molecule has 0 bridgehead atoms. The second-order valence-electron chi connectivity index (χ2n) is 2.49. The first-order valence-electron chi connectivity index (χ1n) is 3.85. The van der Waals surface area contributed by atoms with Crippen molar-refractivity contribution in [2.45, 2.75) is 6.92 Å². The van der Waals surface area contributed by atoms with Crippen LogP contribution in [-0.2, 0) is 0 Å². The van der Waals surface area contributed by atoms with Crippen LogP contribution in [0.15, 0.2) is 34.3 Å². The quantitative estimate of drug-likeness (QED) is 0.310. The number of hydrazine groups is 1. The smallest absolute Gasteiger partial charge is 0.113 e. The van der Waals surface area contributed by atoms with Crippen LogP contribution in [0.2, 0.25) is 0 Å². The maximum atomic E-state index is 5.18. The van der Waals surface area contributed by atoms with E-state index in [0.29, 0.717) is 5.84 Å². The predicted molar refractivity (Wildman–Crippen MR) is 55.7 cm³/mol. The number of aliphatic imine (C=N–C) groups is 2. The third-order valence-corrected chi connectivity index (χ3v) is 1.55. The lowest BCUT2D eigenvalue weighted by Crippen LogP contribution is -2.27. The van der Waals surface area contributed by atoms with Crippen molar-refractivity contribution in [3.05, 3.63) is 24.3 Å². The summed E-state index contributed by atoms with van der Waals surface area (Å²) in [7, 11) is 0. The van der Waals surface area contributed by atoms with Crippen LogP contribution in [0, 0.1) is 0 Å². The zero-order valence-corrected chi connectivity index (χ0v) is 7.49. The molecule has 4 nitrogen and oxygen atoms in total. The van der Waals surface area contributed by atoms with Crippen molar-refractivity contribution in [3.8, 4) is 0 Å². The standard InChI is InChI=1S/C9H12N4/c1-7(13-10)12-9-6-4-3-5-8(9)11-2/h3-6H,2,10H2,1H3,(H,12,13). The lowest BCUT2D eigenvalue weighted by atomic mass is 10.3. The number of benzene rings is 1. The highest BCUT2D eigenvalue weighted by atomic mass is 15.2. The highest BCUT2D eigenvalue weighted by Gasteiger charge is 1.96. The number of nitrogens with zero attached hydrogens (tertiary/aromatic N) is 2. The van der Waals surface area contributed by atoms with Gasteiger partial charge < -0.3 is 5.43 Å². The van der Waals surface area contributed by atoms with E-state index in [-0.39, 0.29) is 0 Å². The van der Waals surface area contributed by atoms with E-state index >= 15 is 0 Å². The third-order valence-electron chi connectivity index (χ3n) is 1.55. The Hall–Kier alpha value is -1.68. The fraction of sp³-hybridized carbons (Fsp3) is 0.111. The predicted octanol–water partition coefficient (Wildman–Crippen LogP) is 1.53. The molecule has 0 atom stereocenters. The highest BCUT2D eigenvalue weighted by Crippen LogP contribution is 2.26. The summed E-state index contributed by atoms with van der Waals surface area (Å²) in [5.41, 5.74) is 3.96. The van der Waals surface area contributed by atoms with E-state index in [1.165, 1.54) is 0 Å². The van der Waals surface area contributed by atoms with Gasteiger partial charge in [0.05, 0.1) is 11.4 Å². The Balaban J connectivity index is 3.06. The van der Waals surface area contributed by atoms with Crippen molar-refractivity contribution in [1.82, 2.24) is 5.43 Å². The van der Waals surface area contributed by atoms with E-state index in [2.05, 4.69) is 22.1 Å². The minimum Gasteiger partial charge on any atom is -0.312 e. The minimum atomic E-state index is 0.635. The number of hydrogen-bond donors (Lipinski definition) is 2. The molecule has 0 unspecified atom stereocenters. The number of nitrogens with one attached hydrogen (secondary N) is 1. The lowest BCUT2D eigenvalue weighted by molar-refractivity contribution is 1.02. The molecule has 0 aliphatic rings. The van der Waals surface area contributed by atoms with Crippen LogP contribution in [0.25, 0.3) is 0 Å². The Morgan fingerprint density at radius 1 is 1.38 bits per heavy atom. The SMILES string of the molecule is C=Nc1ccccc1N=C(C)NN. The van der Waals surface area contributed by atoms with Crippen molar-refractivity contribution in [1.29, 1.82) is 0 Å². The number of nitrogens with two attached hydrogens (primary N) is 1. The minimum absolute atomic E-state index is 0.635. The van der Waals surface area contributed by atoms with Crippen LogP contribution >= 0.6 is 0 Å². The van der Waals surface area contributed by atoms with Crippen LogP contribution in [0.4, 0.5) is 11.4 Å². The normalized spacial score (nSPS) is 11.1. The molecule has 0 saturated heterocycles. The molecule has 0 spiro atoms. The maximum absolute atomic E-state index is 5.18. The molecule has 0 aliphatic carbocycles. The van der Waals surface area contributed by atoms with Gasteiger partial charge in [-0.05, 0) is 25.8 Å². The molecule has 4 heteroatoms. The Labute approximate surface area is 77.2 Å². The highest BCUT2D eigenvalue weighted by molar-refractivity contribution is 5.84. The first-order chi connectivity index (χ1) is 6.27. The zero-order valence-electron chi connectivity index (χ0n) is 7.49. The van der Waals surface area contributed by atoms with Gasteiger partial charge in [-0.25, -0.2) is 10.8 Å². The Morgan fingerprint density at radius 3 is 2.54 bits per heavy atom. The molecule has 0 aromatic heterocycles. The molecule has 0 saturated carbocycles. The fourth-order valence-corrected chi connectivity index (χ4v) is 0.905. The number of hydrogen-bond acceptors (Lipinski definition) is 3. The fourth-order valence-electron chi connectivity index (χ4n) is 0.905. The van der Waals surface area contributed by atoms with Gasteiger partial charge in [-0.3, -0.25) is 4.99 Å². The molecule has 1 aromatic rings. The number of para-hydroxylation sites is 2. The summed E-state index contributed by atoms with van der Waals surface area (Å²) in [5.74, 6) is 5.82. The van der Waals surface area contributed by atoms with E-state index in [1.54, 1.807) is 6.92 Å². The molecule has 1 aromatic carbocycles. The lowest BCUT2D eigenvalue weighted by Gasteiger charge is -2.01. The van der Waals surface area contributed by atoms with Crippen molar-refractivity contribution >= 4 is 23.9 Å². The van der Waals surface area contributed by atoms with E-state index in [0.717, 1.165) is 11.4 Å². The topological polar surface area (TPSA) is 62.8 Å². The Kier molecular flexibility index (Phi) is 3.16. The van der Waals surface area contributed by atoms with E-state index in [9.17, 15) is 0 Å². The third kappa shape index (κ3) is 2.38. The summed E-state index contributed by atoms with van der Waals surface area (Å²) in [5, 5.41) is 0. The Morgan fingerprint density at radius 2 is 2.00 bits per heavy atom. The van der Waals surface area contributed by atoms with Crippen LogP contribution in [0.3, 0.4) is 0 Å². The summed E-state index contributed by atoms with van der Waals surface area (Å²) in [4.78, 5) is 8.03. The van der Waals surface area contributed by atoms with Crippen LogP contribution in [-0.4, -0.2) is 12.6 Å². The molecular formula is C9H12N4. The largest absolute Gasteiger partial charge is 0.312 e. The molecular weight excluding hydrogens is 164 g/mol.